The van der Waals surface area contributed by atoms with Gasteiger partial charge in [-0.15, -0.1) is 0 Å². The maximum atomic E-state index is 10.0. The number of carbonyl (C=O) groups is 2. The molecule has 0 aliphatic carbocycles. The molecule has 120 valence electrons. The summed E-state index contributed by atoms with van der Waals surface area (Å²) in [4.78, 5) is 52.0. The smallest absolute Gasteiger partial charge is 0.549 e. The molecule has 12 nitrogen and oxygen atoms in total. The average Bonchev–Trinajstić information content (AvgIpc) is 2.12. The molecule has 0 bridgehead atoms. The first-order valence-electron chi connectivity index (χ1n) is 4.74. The van der Waals surface area contributed by atoms with Crippen molar-refractivity contribution in [2.75, 3.05) is 25.7 Å². The summed E-state index contributed by atoms with van der Waals surface area (Å²) >= 11 is 0. The minimum atomic E-state index is -4.12. The Bertz CT molecular complexity index is 368. The first-order chi connectivity index (χ1) is 8.83. The maximum Gasteiger partial charge on any atom is 2.00 e. The summed E-state index contributed by atoms with van der Waals surface area (Å²) in [6.07, 6.45) is -1.28. The number of carboxylic acid groups (broad SMARTS) is 2. The second-order valence-corrected chi connectivity index (χ2v) is 6.53. The third-order valence-electron chi connectivity index (χ3n) is 1.17. The van der Waals surface area contributed by atoms with Crippen molar-refractivity contribution in [3.63, 3.8) is 0 Å². The molecule has 15 heteroatoms. The average molecular weight is 402 g/mol. The predicted octanol–water partition coefficient (Wildman–Crippen LogP) is -5.08. The van der Waals surface area contributed by atoms with Crippen LogP contribution < -0.4 is 20.8 Å². The Morgan fingerprint density at radius 1 is 0.810 bits per heavy atom. The Morgan fingerprint density at radius 3 is 1.19 bits per heavy atom. The van der Waals surface area contributed by atoms with Crippen molar-refractivity contribution in [3.05, 3.63) is 0 Å². The van der Waals surface area contributed by atoms with Crippen molar-refractivity contribution in [2.45, 2.75) is 0 Å². The monoisotopic (exact) mass is 400 g/mol. The van der Waals surface area contributed by atoms with Gasteiger partial charge in [0.05, 0.1) is 24.5 Å². The quantitative estimate of drug-likeness (QED) is 0.166. The van der Waals surface area contributed by atoms with Crippen LogP contribution in [0.25, 0.3) is 0 Å². The fraction of sp³-hybridized carbons (Fsp3) is 0.667. The summed E-state index contributed by atoms with van der Waals surface area (Å²) in [5.74, 6) is -2.79. The zero-order chi connectivity index (χ0) is 16.4. The minimum absolute atomic E-state index is 0. The summed E-state index contributed by atoms with van der Waals surface area (Å²) in [7, 11) is -8.25. The van der Waals surface area contributed by atoms with Gasteiger partial charge >= 0.3 is 34.7 Å². The summed E-state index contributed by atoms with van der Waals surface area (Å²) < 4.78 is 20.1. The van der Waals surface area contributed by atoms with Gasteiger partial charge in [-0.2, -0.15) is 0 Å². The molecule has 6 N–H and O–H groups in total. The molecule has 0 radical (unpaired) electrons. The van der Waals surface area contributed by atoms with Gasteiger partial charge in [-0.3, -0.25) is 9.13 Å². The van der Waals surface area contributed by atoms with Crippen molar-refractivity contribution in [3.8, 4) is 0 Å². The number of nitrogens with one attached hydrogen (secondary N) is 2. The van der Waals surface area contributed by atoms with Crippen LogP contribution in [0.5, 0.6) is 0 Å². The van der Waals surface area contributed by atoms with Crippen LogP contribution >= 0.6 is 15.2 Å². The molecule has 0 atom stereocenters. The van der Waals surface area contributed by atoms with E-state index in [0.717, 1.165) is 0 Å². The van der Waals surface area contributed by atoms with Gasteiger partial charge in [0.15, 0.2) is 0 Å². The Hall–Kier alpha value is -0.217. The molecule has 0 saturated heterocycles. The zero-order valence-corrected chi connectivity index (χ0v) is 15.4. The molecule has 0 unspecified atom stereocenters. The van der Waals surface area contributed by atoms with E-state index in [4.69, 9.17) is 19.6 Å². The Balaban J connectivity index is -0.000000295. The minimum Gasteiger partial charge on any atom is -0.549 e. The zero-order valence-electron chi connectivity index (χ0n) is 10.7. The molecule has 0 spiro atoms. The predicted molar refractivity (Wildman–Crippen MR) is 59.8 cm³/mol. The Morgan fingerprint density at radius 2 is 1.05 bits per heavy atom. The second kappa shape index (κ2) is 12.3. The van der Waals surface area contributed by atoms with Crippen molar-refractivity contribution >= 4 is 27.1 Å². The molecule has 0 amide bonds. The van der Waals surface area contributed by atoms with Gasteiger partial charge in [0.25, 0.3) is 0 Å². The van der Waals surface area contributed by atoms with E-state index in [1.165, 1.54) is 0 Å². The summed E-state index contributed by atoms with van der Waals surface area (Å²) in [6, 6.07) is 0. The first kappa shape index (κ1) is 25.7. The molecule has 0 aliphatic rings. The fourth-order valence-electron chi connectivity index (χ4n) is 0.607. The van der Waals surface area contributed by atoms with Crippen LogP contribution in [-0.4, -0.2) is 57.2 Å². The van der Waals surface area contributed by atoms with Gasteiger partial charge in [0.1, 0.15) is 0 Å². The first-order valence-corrected chi connectivity index (χ1v) is 8.33. The van der Waals surface area contributed by atoms with Crippen LogP contribution in [0.4, 0.5) is 0 Å². The van der Waals surface area contributed by atoms with Crippen LogP contribution in [0.15, 0.2) is 0 Å². The largest absolute Gasteiger partial charge is 2.00 e. The molecule has 0 aliphatic heterocycles. The number of aliphatic carboxylic acids is 2. The van der Waals surface area contributed by atoms with Gasteiger partial charge in [-0.25, -0.2) is 0 Å². The van der Waals surface area contributed by atoms with Gasteiger partial charge in [0, 0.05) is 13.1 Å². The topological polar surface area (TPSA) is 219 Å². The van der Waals surface area contributed by atoms with Gasteiger partial charge in [0.2, 0.25) is 0 Å². The summed E-state index contributed by atoms with van der Waals surface area (Å²) in [5.41, 5.74) is 0. The van der Waals surface area contributed by atoms with E-state index in [0.29, 0.717) is 0 Å². The van der Waals surface area contributed by atoms with Crippen molar-refractivity contribution < 1.29 is 68.0 Å². The molecule has 0 heterocycles. The van der Waals surface area contributed by atoms with E-state index in [1.807, 2.05) is 10.6 Å². The van der Waals surface area contributed by atoms with E-state index in [2.05, 4.69) is 0 Å². The number of rotatable bonds is 8. The van der Waals surface area contributed by atoms with E-state index in [-0.39, 0.29) is 19.5 Å². The molecule has 0 saturated carbocycles. The summed E-state index contributed by atoms with van der Waals surface area (Å²) in [5, 5.41) is 23.3. The van der Waals surface area contributed by atoms with Crippen LogP contribution in [0, 0.1) is 0 Å². The normalized spacial score (nSPS) is 10.9. The second-order valence-electron chi connectivity index (χ2n) is 3.24. The molecular weight excluding hydrogens is 387 g/mol. The van der Waals surface area contributed by atoms with Gasteiger partial charge < -0.3 is 50.0 Å². The van der Waals surface area contributed by atoms with E-state index in [9.17, 15) is 28.9 Å². The van der Waals surface area contributed by atoms with Gasteiger partial charge in [-0.05, 0) is 0 Å². The Kier molecular flexibility index (Phi) is 15.1. The van der Waals surface area contributed by atoms with Crippen LogP contribution in [0.3, 0.4) is 0 Å². The number of hydrogen-bond donors (Lipinski definition) is 6. The molecule has 0 aromatic rings. The van der Waals surface area contributed by atoms with E-state index in [1.54, 1.807) is 0 Å². The number of carbonyl (C=O) groups excluding carboxylic acids is 2. The number of carboxylic acids is 2. The SMILES string of the molecule is O=C([O-])CNCP(=O)(O)O.O=C([O-])CNCP(=O)(O)O.[Zn+2]. The molecule has 0 aromatic heterocycles. The fourth-order valence-corrected chi connectivity index (χ4v) is 1.41. The van der Waals surface area contributed by atoms with Crippen LogP contribution in [0.2, 0.25) is 0 Å². The number of hydrogen-bond acceptors (Lipinski definition) is 8. The third kappa shape index (κ3) is 32.9. The van der Waals surface area contributed by atoms with Crippen LogP contribution in [0.1, 0.15) is 0 Å². The molecule has 21 heavy (non-hydrogen) atoms. The van der Waals surface area contributed by atoms with Crippen molar-refractivity contribution in [1.29, 1.82) is 0 Å². The van der Waals surface area contributed by atoms with Gasteiger partial charge in [-0.1, -0.05) is 0 Å². The van der Waals surface area contributed by atoms with Crippen molar-refractivity contribution in [1.82, 2.24) is 10.6 Å². The molecule has 0 fully saturated rings. The molecular formula is C6H14N2O10P2Zn. The molecule has 0 aromatic carbocycles. The summed E-state index contributed by atoms with van der Waals surface area (Å²) in [6.45, 7) is -1.10. The Labute approximate surface area is 132 Å². The van der Waals surface area contributed by atoms with E-state index < -0.39 is 52.8 Å². The standard InChI is InChI=1S/2C3H8NO5P.Zn/c2*5-3(6)1-4-2-10(7,8)9;/h2*4H,1-2H2,(H,5,6)(H2,7,8,9);/q;;+2/p-2. The third-order valence-corrected chi connectivity index (χ3v) is 2.45. The molecule has 0 rings (SSSR count). The van der Waals surface area contributed by atoms with Crippen LogP contribution in [-0.2, 0) is 38.2 Å². The van der Waals surface area contributed by atoms with E-state index >= 15 is 0 Å². The maximum absolute atomic E-state index is 10.0. The van der Waals surface area contributed by atoms with Crippen molar-refractivity contribution in [2.24, 2.45) is 0 Å².